The van der Waals surface area contributed by atoms with E-state index in [4.69, 9.17) is 5.73 Å². The summed E-state index contributed by atoms with van der Waals surface area (Å²) in [7, 11) is 3.72. The van der Waals surface area contributed by atoms with Gasteiger partial charge in [-0.15, -0.1) is 0 Å². The molecule has 12 nitrogen and oxygen atoms in total. The smallest absolute Gasteiger partial charge is 0.308 e. The number of primary amides is 1. The number of nitrogens with two attached hydrogens (primary N) is 1. The van der Waals surface area contributed by atoms with E-state index >= 15 is 0 Å². The lowest BCUT2D eigenvalue weighted by Gasteiger charge is -2.32. The fourth-order valence-corrected chi connectivity index (χ4v) is 7.83. The van der Waals surface area contributed by atoms with Gasteiger partial charge in [-0.3, -0.25) is 24.0 Å². The number of rotatable bonds is 9. The van der Waals surface area contributed by atoms with Crippen LogP contribution in [0.15, 0.2) is 60.7 Å². The van der Waals surface area contributed by atoms with Crippen LogP contribution >= 0.6 is 0 Å². The molecule has 0 spiro atoms. The summed E-state index contributed by atoms with van der Waals surface area (Å²) in [6, 6.07) is 18.2. The van der Waals surface area contributed by atoms with Gasteiger partial charge in [0.15, 0.2) is 0 Å². The Morgan fingerprint density at radius 1 is 0.686 bits per heavy atom. The fourth-order valence-electron chi connectivity index (χ4n) is 7.83. The lowest BCUT2D eigenvalue weighted by molar-refractivity contribution is -0.143. The highest BCUT2D eigenvalue weighted by molar-refractivity contribution is 6.00. The molecular formula is C39H48N6O6. The average Bonchev–Trinajstić information content (AvgIpc) is 3.83. The van der Waals surface area contributed by atoms with Gasteiger partial charge in [0.2, 0.25) is 11.8 Å². The summed E-state index contributed by atoms with van der Waals surface area (Å²) >= 11 is 0. The number of hydrogen-bond acceptors (Lipinski definition) is 5. The first-order valence-electron chi connectivity index (χ1n) is 18.1. The zero-order valence-electron chi connectivity index (χ0n) is 29.3. The van der Waals surface area contributed by atoms with Gasteiger partial charge in [-0.05, 0) is 68.7 Å². The lowest BCUT2D eigenvalue weighted by Crippen LogP contribution is -2.53. The Bertz CT molecular complexity index is 1940. The molecule has 5 atom stereocenters. The Morgan fingerprint density at radius 3 is 1.59 bits per heavy atom. The van der Waals surface area contributed by atoms with Crippen molar-refractivity contribution in [3.63, 3.8) is 0 Å². The first-order valence-corrected chi connectivity index (χ1v) is 18.1. The number of benzene rings is 2. The molecule has 0 saturated heterocycles. The molecule has 6 N–H and O–H groups in total. The Hall–Kier alpha value is -5.13. The minimum Gasteiger partial charge on any atom is -0.481 e. The maximum atomic E-state index is 13.0. The summed E-state index contributed by atoms with van der Waals surface area (Å²) in [6.07, 6.45) is 8.41. The van der Waals surface area contributed by atoms with Crippen molar-refractivity contribution >= 4 is 51.4 Å². The van der Waals surface area contributed by atoms with E-state index in [0.717, 1.165) is 73.2 Å². The zero-order chi connectivity index (χ0) is 36.2. The van der Waals surface area contributed by atoms with Crippen LogP contribution in [-0.4, -0.2) is 62.0 Å². The van der Waals surface area contributed by atoms with Crippen LogP contribution in [0.25, 0.3) is 21.8 Å². The quantitative estimate of drug-likeness (QED) is 0.173. The maximum absolute atomic E-state index is 13.0. The van der Waals surface area contributed by atoms with Crippen molar-refractivity contribution in [2.45, 2.75) is 82.3 Å². The van der Waals surface area contributed by atoms with Crippen LogP contribution in [0.2, 0.25) is 0 Å². The van der Waals surface area contributed by atoms with Gasteiger partial charge in [0.05, 0.1) is 11.8 Å². The Balaban J connectivity index is 0.000000183. The van der Waals surface area contributed by atoms with Crippen LogP contribution in [0.5, 0.6) is 0 Å². The van der Waals surface area contributed by atoms with Gasteiger partial charge in [-0.25, -0.2) is 0 Å². The summed E-state index contributed by atoms with van der Waals surface area (Å²) in [5.74, 6) is -2.52. The summed E-state index contributed by atoms with van der Waals surface area (Å²) in [5.41, 5.74) is 8.59. The number of carboxylic acids is 1. The van der Waals surface area contributed by atoms with Crippen LogP contribution in [0.1, 0.15) is 85.2 Å². The Morgan fingerprint density at radius 2 is 1.14 bits per heavy atom. The molecule has 2 aromatic heterocycles. The summed E-state index contributed by atoms with van der Waals surface area (Å²) in [5, 5.41) is 20.2. The van der Waals surface area contributed by atoms with Crippen LogP contribution in [-0.2, 0) is 28.5 Å². The van der Waals surface area contributed by atoms with E-state index in [0.29, 0.717) is 24.2 Å². The molecule has 0 unspecified atom stereocenters. The molecule has 0 aliphatic heterocycles. The summed E-state index contributed by atoms with van der Waals surface area (Å²) in [6.45, 7) is 0. The molecule has 7 rings (SSSR count). The molecule has 3 aliphatic carbocycles. The summed E-state index contributed by atoms with van der Waals surface area (Å²) < 4.78 is 3.72. The number of nitrogens with one attached hydrogen (secondary N) is 3. The highest BCUT2D eigenvalue weighted by Crippen LogP contribution is 2.33. The van der Waals surface area contributed by atoms with E-state index in [1.54, 1.807) is 0 Å². The normalized spacial score (nSPS) is 22.3. The largest absolute Gasteiger partial charge is 0.481 e. The van der Waals surface area contributed by atoms with Crippen molar-refractivity contribution in [1.29, 1.82) is 0 Å². The molecule has 4 aromatic rings. The predicted molar refractivity (Wildman–Crippen MR) is 194 cm³/mol. The van der Waals surface area contributed by atoms with Gasteiger partial charge in [0.25, 0.3) is 11.8 Å². The van der Waals surface area contributed by atoms with Gasteiger partial charge in [-0.2, -0.15) is 0 Å². The van der Waals surface area contributed by atoms with Crippen LogP contribution in [0.3, 0.4) is 0 Å². The van der Waals surface area contributed by atoms with E-state index in [2.05, 4.69) is 16.0 Å². The summed E-state index contributed by atoms with van der Waals surface area (Å²) in [4.78, 5) is 61.5. The van der Waals surface area contributed by atoms with Crippen molar-refractivity contribution in [2.75, 3.05) is 0 Å². The minimum atomic E-state index is -0.818. The Kier molecular flexibility index (Phi) is 10.8. The van der Waals surface area contributed by atoms with Crippen molar-refractivity contribution in [2.24, 2.45) is 37.6 Å². The number of carbonyl (C=O) groups is 5. The first-order chi connectivity index (χ1) is 24.5. The molecule has 2 aromatic carbocycles. The van der Waals surface area contributed by atoms with Gasteiger partial charge in [0.1, 0.15) is 17.4 Å². The van der Waals surface area contributed by atoms with Crippen LogP contribution < -0.4 is 21.7 Å². The highest BCUT2D eigenvalue weighted by Gasteiger charge is 2.39. The number of amides is 4. The van der Waals surface area contributed by atoms with Gasteiger partial charge in [-0.1, -0.05) is 62.1 Å². The topological polar surface area (TPSA) is 178 Å². The first kappa shape index (κ1) is 35.7. The molecule has 3 saturated carbocycles. The number of carbonyl (C=O) groups excluding carboxylic acids is 4. The highest BCUT2D eigenvalue weighted by atomic mass is 16.4. The van der Waals surface area contributed by atoms with E-state index in [-0.39, 0.29) is 41.6 Å². The number of aryl methyl sites for hydroxylation is 2. The lowest BCUT2D eigenvalue weighted by atomic mass is 9.83. The third-order valence-electron chi connectivity index (χ3n) is 10.9. The average molecular weight is 697 g/mol. The molecule has 51 heavy (non-hydrogen) atoms. The number of carboxylic acid groups (broad SMARTS) is 1. The van der Waals surface area contributed by atoms with Crippen molar-refractivity contribution in [3.05, 3.63) is 72.1 Å². The van der Waals surface area contributed by atoms with Crippen LogP contribution in [0.4, 0.5) is 0 Å². The molecule has 0 radical (unpaired) electrons. The van der Waals surface area contributed by atoms with Crippen molar-refractivity contribution < 1.29 is 29.1 Å². The van der Waals surface area contributed by atoms with Crippen molar-refractivity contribution in [3.8, 4) is 0 Å². The van der Waals surface area contributed by atoms with Crippen molar-refractivity contribution in [1.82, 2.24) is 25.1 Å². The molecular weight excluding hydrogens is 648 g/mol. The second-order valence-electron chi connectivity index (χ2n) is 14.3. The van der Waals surface area contributed by atoms with E-state index in [1.165, 1.54) is 0 Å². The molecule has 2 heterocycles. The van der Waals surface area contributed by atoms with Gasteiger partial charge >= 0.3 is 5.97 Å². The fraction of sp³-hybridized carbons (Fsp3) is 0.462. The van der Waals surface area contributed by atoms with E-state index in [9.17, 15) is 29.1 Å². The number of nitrogens with zero attached hydrogens (tertiary/aromatic N) is 2. The van der Waals surface area contributed by atoms with E-state index in [1.807, 2.05) is 83.9 Å². The minimum absolute atomic E-state index is 0.156. The number of aromatic nitrogens is 2. The SMILES string of the molecule is Cn1c(C(=O)N[C@H]2CCCC[C@H]2C(=O)N[C@H](C(N)=O)C2CC2)cc2ccccc21.Cn1c(C(=O)N[C@H]2CCCC[C@H]2C(=O)O)cc2ccccc21. The molecule has 270 valence electrons. The third kappa shape index (κ3) is 7.95. The Labute approximate surface area is 297 Å². The second kappa shape index (κ2) is 15.4. The predicted octanol–water partition coefficient (Wildman–Crippen LogP) is 4.40. The molecule has 0 bridgehead atoms. The zero-order valence-corrected chi connectivity index (χ0v) is 29.3. The van der Waals surface area contributed by atoms with E-state index < -0.39 is 23.8 Å². The molecule has 3 fully saturated rings. The molecule has 3 aliphatic rings. The maximum Gasteiger partial charge on any atom is 0.308 e. The third-order valence-corrected chi connectivity index (χ3v) is 10.9. The standard InChI is InChI=1S/C22H28N4O3.C17H20N2O3/c1-26-17-9-5-2-6-14(17)12-18(26)22(29)24-16-8-4-3-7-15(16)21(28)25-19(20(23)27)13-10-11-13;1-19-14-9-5-2-6-11(14)10-15(19)16(20)18-13-8-4-3-7-12(13)17(21)22/h2,5-6,9,12-13,15-16,19H,3-4,7-8,10-11H2,1H3,(H2,23,27)(H,24,29)(H,25,28);2,5-6,9-10,12-13H,3-4,7-8H2,1H3,(H,18,20)(H,21,22)/t15-,16+,19+;12-,13+/m11/s1. The molecule has 4 amide bonds. The number of para-hydroxylation sites is 2. The number of aliphatic carboxylic acids is 1. The monoisotopic (exact) mass is 696 g/mol. The molecule has 12 heteroatoms. The van der Waals surface area contributed by atoms with Crippen LogP contribution in [0, 0.1) is 17.8 Å². The number of hydrogen-bond donors (Lipinski definition) is 5. The number of fused-ring (bicyclic) bond motifs is 2. The van der Waals surface area contributed by atoms with Gasteiger partial charge < -0.3 is 35.9 Å². The second-order valence-corrected chi connectivity index (χ2v) is 14.3. The van der Waals surface area contributed by atoms with Gasteiger partial charge in [0, 0.05) is 48.0 Å².